The number of benzene rings is 2. The number of nitrogens with one attached hydrogen (secondary N) is 1. The van der Waals surface area contributed by atoms with Crippen LogP contribution in [0, 0.1) is 10.1 Å². The highest BCUT2D eigenvalue weighted by Crippen LogP contribution is 2.25. The molecule has 3 rings (SSSR count). The third kappa shape index (κ3) is 4.23. The van der Waals surface area contributed by atoms with Crippen LogP contribution >= 0.6 is 0 Å². The Hall–Kier alpha value is -4.74. The molecule has 0 aliphatic carbocycles. The van der Waals surface area contributed by atoms with Gasteiger partial charge in [-0.25, -0.2) is 9.36 Å². The average Bonchev–Trinajstić information content (AvgIpc) is 2.76. The lowest BCUT2D eigenvalue weighted by Gasteiger charge is -2.15. The van der Waals surface area contributed by atoms with Crippen LogP contribution < -0.4 is 16.6 Å². The molecule has 1 aromatic heterocycles. The Morgan fingerprint density at radius 1 is 1.03 bits per heavy atom. The van der Waals surface area contributed by atoms with Crippen molar-refractivity contribution in [3.05, 3.63) is 96.7 Å². The van der Waals surface area contributed by atoms with Gasteiger partial charge in [0.15, 0.2) is 5.56 Å². The largest absolute Gasteiger partial charge is 0.493 e. The topological polar surface area (TPSA) is 174 Å². The van der Waals surface area contributed by atoms with Crippen LogP contribution in [-0.4, -0.2) is 42.7 Å². The number of nitrogens with zero attached hydrogens (tertiary/aromatic N) is 3. The second kappa shape index (κ2) is 8.95. The van der Waals surface area contributed by atoms with Gasteiger partial charge in [0.1, 0.15) is 12.2 Å². The molecule has 1 amide bonds. The molecule has 0 spiro atoms. The predicted octanol–water partition coefficient (Wildman–Crippen LogP) is 0.476. The van der Waals surface area contributed by atoms with E-state index in [1.54, 1.807) is 30.3 Å². The number of nitro benzene ring substituents is 1. The second-order valence-electron chi connectivity index (χ2n) is 6.52. The fourth-order valence-corrected chi connectivity index (χ4v) is 3.01. The molecule has 1 heterocycles. The predicted molar refractivity (Wildman–Crippen MR) is 110 cm³/mol. The maximum absolute atomic E-state index is 13.1. The van der Waals surface area contributed by atoms with Crippen molar-refractivity contribution >= 4 is 17.6 Å². The van der Waals surface area contributed by atoms with Crippen molar-refractivity contribution in [1.29, 1.82) is 0 Å². The minimum absolute atomic E-state index is 0.307. The minimum atomic E-state index is -1.41. The summed E-state index contributed by atoms with van der Waals surface area (Å²) in [5.41, 5.74) is -3.68. The summed E-state index contributed by atoms with van der Waals surface area (Å²) in [6.45, 7) is -1.17. The van der Waals surface area contributed by atoms with Gasteiger partial charge < -0.3 is 15.5 Å². The normalized spacial score (nSPS) is 10.5. The summed E-state index contributed by atoms with van der Waals surface area (Å²) >= 11 is 0. The standard InChI is InChI=1S/C20H16N4O8/c25-15(26)10-21-17(27)16-18(28)22(11-12-6-2-1-3-7-12)20(30)23(19(16)29)13-8-4-5-9-14(13)24(31)32/h1-9,29H,10-11H2,(H,21,27)(H,25,26). The number of carbonyl (C=O) groups is 2. The van der Waals surface area contributed by atoms with E-state index in [1.807, 2.05) is 5.32 Å². The summed E-state index contributed by atoms with van der Waals surface area (Å²) in [5.74, 6) is -3.82. The number of nitro groups is 1. The Morgan fingerprint density at radius 3 is 2.28 bits per heavy atom. The third-order valence-corrected chi connectivity index (χ3v) is 4.45. The molecule has 3 N–H and O–H groups in total. The molecule has 0 saturated carbocycles. The molecule has 12 nitrogen and oxygen atoms in total. The first kappa shape index (κ1) is 22.0. The number of hydrogen-bond acceptors (Lipinski definition) is 7. The number of carboxylic acid groups (broad SMARTS) is 1. The first-order chi connectivity index (χ1) is 15.2. The number of carboxylic acids is 1. The fraction of sp³-hybridized carbons (Fsp3) is 0.100. The maximum Gasteiger partial charge on any atom is 0.339 e. The van der Waals surface area contributed by atoms with Gasteiger partial charge in [-0.15, -0.1) is 0 Å². The highest BCUT2D eigenvalue weighted by molar-refractivity contribution is 5.97. The molecule has 0 aliphatic heterocycles. The zero-order valence-corrected chi connectivity index (χ0v) is 16.3. The number of rotatable bonds is 7. The smallest absolute Gasteiger partial charge is 0.339 e. The van der Waals surface area contributed by atoms with Gasteiger partial charge in [0.05, 0.1) is 11.5 Å². The van der Waals surface area contributed by atoms with Crippen molar-refractivity contribution in [3.63, 3.8) is 0 Å². The first-order valence-electron chi connectivity index (χ1n) is 9.09. The molecule has 0 bridgehead atoms. The lowest BCUT2D eigenvalue weighted by Crippen LogP contribution is -2.44. The van der Waals surface area contributed by atoms with Gasteiger partial charge in [-0.1, -0.05) is 42.5 Å². The number of aromatic nitrogens is 2. The number of hydrogen-bond donors (Lipinski definition) is 3. The molecule has 0 aliphatic rings. The average molecular weight is 440 g/mol. The first-order valence-corrected chi connectivity index (χ1v) is 9.09. The van der Waals surface area contributed by atoms with Crippen LogP contribution in [0.25, 0.3) is 5.69 Å². The van der Waals surface area contributed by atoms with E-state index in [-0.39, 0.29) is 12.2 Å². The number of carbonyl (C=O) groups excluding carboxylic acids is 1. The number of amides is 1. The Kier molecular flexibility index (Phi) is 6.14. The Balaban J connectivity index is 2.33. The number of para-hydroxylation sites is 2. The van der Waals surface area contributed by atoms with Crippen LogP contribution in [0.2, 0.25) is 0 Å². The van der Waals surface area contributed by atoms with E-state index in [0.29, 0.717) is 14.7 Å². The van der Waals surface area contributed by atoms with Gasteiger partial charge in [0.25, 0.3) is 17.2 Å². The molecule has 12 heteroatoms. The summed E-state index contributed by atoms with van der Waals surface area (Å²) in [5, 5.41) is 32.8. The van der Waals surface area contributed by atoms with Crippen molar-refractivity contribution in [1.82, 2.24) is 14.5 Å². The number of aliphatic carboxylic acids is 1. The third-order valence-electron chi connectivity index (χ3n) is 4.45. The SMILES string of the molecule is O=C(O)CNC(=O)c1c(O)n(-c2ccccc2[N+](=O)[O-])c(=O)n(Cc2ccccc2)c1=O. The number of aromatic hydroxyl groups is 1. The molecular weight excluding hydrogens is 424 g/mol. The van der Waals surface area contributed by atoms with Gasteiger partial charge in [0, 0.05) is 6.07 Å². The van der Waals surface area contributed by atoms with Crippen LogP contribution in [0.3, 0.4) is 0 Å². The van der Waals surface area contributed by atoms with E-state index >= 15 is 0 Å². The molecule has 164 valence electrons. The van der Waals surface area contributed by atoms with E-state index in [0.717, 1.165) is 12.1 Å². The summed E-state index contributed by atoms with van der Waals surface area (Å²) < 4.78 is 1.10. The van der Waals surface area contributed by atoms with Crippen LogP contribution in [0.15, 0.2) is 64.2 Å². The van der Waals surface area contributed by atoms with Crippen LogP contribution in [-0.2, 0) is 11.3 Å². The van der Waals surface area contributed by atoms with Crippen molar-refractivity contribution in [3.8, 4) is 11.6 Å². The Bertz CT molecular complexity index is 1330. The summed E-state index contributed by atoms with van der Waals surface area (Å²) in [7, 11) is 0. The summed E-state index contributed by atoms with van der Waals surface area (Å²) in [6.07, 6.45) is 0. The maximum atomic E-state index is 13.1. The van der Waals surface area contributed by atoms with Gasteiger partial charge in [-0.05, 0) is 11.6 Å². The molecule has 0 radical (unpaired) electrons. The van der Waals surface area contributed by atoms with Crippen LogP contribution in [0.5, 0.6) is 5.88 Å². The van der Waals surface area contributed by atoms with Crippen LogP contribution in [0.1, 0.15) is 15.9 Å². The lowest BCUT2D eigenvalue weighted by atomic mass is 10.2. The van der Waals surface area contributed by atoms with E-state index < -0.39 is 51.7 Å². The molecule has 0 atom stereocenters. The van der Waals surface area contributed by atoms with Gasteiger partial charge in [-0.3, -0.25) is 29.1 Å². The monoisotopic (exact) mass is 440 g/mol. The van der Waals surface area contributed by atoms with Gasteiger partial charge in [-0.2, -0.15) is 0 Å². The van der Waals surface area contributed by atoms with E-state index in [4.69, 9.17) is 5.11 Å². The molecule has 3 aromatic rings. The van der Waals surface area contributed by atoms with Crippen LogP contribution in [0.4, 0.5) is 5.69 Å². The van der Waals surface area contributed by atoms with Crippen molar-refractivity contribution in [2.75, 3.05) is 6.54 Å². The van der Waals surface area contributed by atoms with Crippen molar-refractivity contribution in [2.24, 2.45) is 0 Å². The summed E-state index contributed by atoms with van der Waals surface area (Å²) in [4.78, 5) is 60.1. The molecule has 0 fully saturated rings. The minimum Gasteiger partial charge on any atom is -0.493 e. The fourth-order valence-electron chi connectivity index (χ4n) is 3.01. The summed E-state index contributed by atoms with van der Waals surface area (Å²) in [6, 6.07) is 13.2. The lowest BCUT2D eigenvalue weighted by molar-refractivity contribution is -0.384. The Morgan fingerprint density at radius 2 is 1.66 bits per heavy atom. The van der Waals surface area contributed by atoms with Gasteiger partial charge >= 0.3 is 11.7 Å². The van der Waals surface area contributed by atoms with E-state index in [1.165, 1.54) is 12.1 Å². The molecule has 0 unspecified atom stereocenters. The van der Waals surface area contributed by atoms with Crippen molar-refractivity contribution < 1.29 is 24.7 Å². The highest BCUT2D eigenvalue weighted by atomic mass is 16.6. The van der Waals surface area contributed by atoms with E-state index in [2.05, 4.69) is 0 Å². The quantitative estimate of drug-likeness (QED) is 0.351. The second-order valence-corrected chi connectivity index (χ2v) is 6.52. The molecule has 2 aromatic carbocycles. The molecule has 0 saturated heterocycles. The highest BCUT2D eigenvalue weighted by Gasteiger charge is 2.28. The van der Waals surface area contributed by atoms with E-state index in [9.17, 15) is 34.4 Å². The Labute approximate surface area is 178 Å². The zero-order chi connectivity index (χ0) is 23.4. The molecule has 32 heavy (non-hydrogen) atoms. The van der Waals surface area contributed by atoms with Crippen molar-refractivity contribution in [2.45, 2.75) is 6.54 Å². The van der Waals surface area contributed by atoms with Gasteiger partial charge in [0.2, 0.25) is 5.88 Å². The molecular formula is C20H16N4O8. The zero-order valence-electron chi connectivity index (χ0n) is 16.3.